The molecule has 142 valence electrons. The summed E-state index contributed by atoms with van der Waals surface area (Å²) in [6, 6.07) is -0.0115. The Morgan fingerprint density at radius 2 is 1.84 bits per heavy atom. The fourth-order valence-corrected chi connectivity index (χ4v) is 5.42. The van der Waals surface area contributed by atoms with Gasteiger partial charge >= 0.3 is 5.97 Å². The minimum atomic E-state index is -1.99. The molecule has 0 fully saturated rings. The molecule has 1 aromatic heterocycles. The van der Waals surface area contributed by atoms with E-state index in [4.69, 9.17) is 4.74 Å². The van der Waals surface area contributed by atoms with Crippen LogP contribution in [0.2, 0.25) is 18.1 Å². The Morgan fingerprint density at radius 3 is 2.32 bits per heavy atom. The number of carbonyl (C=O) groups is 2. The summed E-state index contributed by atoms with van der Waals surface area (Å²) in [6.07, 6.45) is 1.21. The third-order valence-corrected chi connectivity index (χ3v) is 11.8. The lowest BCUT2D eigenvalue weighted by Gasteiger charge is -2.35. The Bertz CT molecular complexity index is 651. The molecular weight excluding hydrogens is 468 g/mol. The van der Waals surface area contributed by atoms with E-state index in [1.807, 2.05) is 6.92 Å². The normalized spacial score (nSPS) is 13.6. The van der Waals surface area contributed by atoms with Crippen LogP contribution in [-0.4, -0.2) is 35.8 Å². The summed E-state index contributed by atoms with van der Waals surface area (Å²) < 4.78 is 7.81. The zero-order valence-corrected chi connectivity index (χ0v) is 20.2. The Morgan fingerprint density at radius 1 is 1.28 bits per heavy atom. The van der Waals surface area contributed by atoms with E-state index in [1.165, 1.54) is 0 Å². The maximum absolute atomic E-state index is 12.7. The van der Waals surface area contributed by atoms with Crippen LogP contribution in [0.5, 0.6) is 0 Å². The number of hydrogen-bond acceptors (Lipinski definition) is 4. The molecule has 0 aromatic carbocycles. The van der Waals surface area contributed by atoms with E-state index in [1.54, 1.807) is 11.6 Å². The van der Waals surface area contributed by atoms with Gasteiger partial charge in [-0.2, -0.15) is 5.10 Å². The molecule has 1 rings (SSSR count). The van der Waals surface area contributed by atoms with E-state index in [0.29, 0.717) is 39.6 Å². The van der Waals surface area contributed by atoms with Crippen molar-refractivity contribution < 1.29 is 14.3 Å². The molecule has 1 heterocycles. The fraction of sp³-hybridized carbons (Fsp3) is 0.706. The summed E-state index contributed by atoms with van der Waals surface area (Å²) in [6.45, 7) is 14.8. The van der Waals surface area contributed by atoms with Crippen LogP contribution in [0.1, 0.15) is 63.9 Å². The minimum Gasteiger partial charge on any atom is -0.462 e. The molecule has 0 amide bonds. The molecule has 5 nitrogen and oxygen atoms in total. The van der Waals surface area contributed by atoms with E-state index in [2.05, 4.69) is 70.8 Å². The molecule has 0 aliphatic heterocycles. The molecule has 0 bridgehead atoms. The van der Waals surface area contributed by atoms with Crippen molar-refractivity contribution in [3.63, 3.8) is 0 Å². The predicted molar refractivity (Wildman–Crippen MR) is 110 cm³/mol. The summed E-state index contributed by atoms with van der Waals surface area (Å²) in [4.78, 5) is 24.8. The van der Waals surface area contributed by atoms with Crippen LogP contribution in [0.4, 0.5) is 0 Å². The van der Waals surface area contributed by atoms with E-state index < -0.39 is 14.0 Å². The smallest absolute Gasteiger partial charge is 0.343 e. The van der Waals surface area contributed by atoms with Gasteiger partial charge in [0.15, 0.2) is 0 Å². The Kier molecular flexibility index (Phi) is 7.65. The van der Waals surface area contributed by atoms with Gasteiger partial charge in [0.25, 0.3) is 0 Å². The Hall–Kier alpha value is -0.473. The average Bonchev–Trinajstić information content (AvgIpc) is 2.78. The maximum atomic E-state index is 12.7. The lowest BCUT2D eigenvalue weighted by atomic mass is 10.2. The summed E-state index contributed by atoms with van der Waals surface area (Å²) in [5, 5.41) is 4.80. The molecule has 0 N–H and O–H groups in total. The molecule has 25 heavy (non-hydrogen) atoms. The first-order valence-corrected chi connectivity index (χ1v) is 13.1. The highest BCUT2D eigenvalue weighted by atomic mass is 79.9. The van der Waals surface area contributed by atoms with Crippen molar-refractivity contribution in [2.24, 2.45) is 0 Å². The van der Waals surface area contributed by atoms with Crippen LogP contribution < -0.4 is 0 Å². The average molecular weight is 496 g/mol. The van der Waals surface area contributed by atoms with Crippen LogP contribution in [0.15, 0.2) is 9.21 Å². The number of esters is 1. The molecule has 1 atom stereocenters. The number of nitrogens with zero attached hydrogens (tertiary/aromatic N) is 2. The topological polar surface area (TPSA) is 61.2 Å². The van der Waals surface area contributed by atoms with Crippen molar-refractivity contribution in [3.05, 3.63) is 14.8 Å². The first-order chi connectivity index (χ1) is 11.3. The monoisotopic (exact) mass is 494 g/mol. The van der Waals surface area contributed by atoms with Gasteiger partial charge in [-0.3, -0.25) is 4.68 Å². The van der Waals surface area contributed by atoms with Gasteiger partial charge in [0.1, 0.15) is 28.3 Å². The second kappa shape index (κ2) is 8.48. The predicted octanol–water partition coefficient (Wildman–Crippen LogP) is 5.54. The maximum Gasteiger partial charge on any atom is 0.343 e. The van der Waals surface area contributed by atoms with Gasteiger partial charge in [0.2, 0.25) is 0 Å². The molecule has 1 unspecified atom stereocenters. The zero-order valence-electron chi connectivity index (χ0n) is 16.1. The molecular formula is C17H28Br2N2O3Si. The summed E-state index contributed by atoms with van der Waals surface area (Å²) in [5.74, 6) is -0.419. The molecule has 0 radical (unpaired) electrons. The number of ether oxygens (including phenoxy) is 1. The zero-order chi connectivity index (χ0) is 19.6. The van der Waals surface area contributed by atoms with Gasteiger partial charge in [-0.05, 0) is 57.2 Å². The molecule has 0 saturated heterocycles. The molecule has 0 saturated carbocycles. The van der Waals surface area contributed by atoms with Gasteiger partial charge in [0, 0.05) is 6.42 Å². The van der Waals surface area contributed by atoms with Crippen LogP contribution in [-0.2, 0) is 9.53 Å². The molecule has 1 aromatic rings. The molecule has 0 aliphatic rings. The highest BCUT2D eigenvalue weighted by Gasteiger charge is 2.41. The third kappa shape index (κ3) is 5.04. The quantitative estimate of drug-likeness (QED) is 0.367. The standard InChI is InChI=1S/C17H28Br2N2O3Si/c1-8-24-16(23)13-14(18)20-21(15(13)19)11(2)9-10-12(22)25(6,7)17(3,4)5/h11H,8-10H2,1-7H3. The van der Waals surface area contributed by atoms with Gasteiger partial charge in [0.05, 0.1) is 12.6 Å². The minimum absolute atomic E-state index is 0.0115. The van der Waals surface area contributed by atoms with E-state index in [0.717, 1.165) is 0 Å². The SMILES string of the molecule is CCOC(=O)c1c(Br)nn(C(C)CCC(=O)[Si](C)(C)C(C)(C)C)c1Br. The van der Waals surface area contributed by atoms with Crippen LogP contribution in [0.3, 0.4) is 0 Å². The van der Waals surface area contributed by atoms with Crippen molar-refractivity contribution in [1.29, 1.82) is 0 Å². The van der Waals surface area contributed by atoms with Crippen molar-refractivity contribution in [1.82, 2.24) is 9.78 Å². The lowest BCUT2D eigenvalue weighted by molar-refractivity contribution is -0.113. The van der Waals surface area contributed by atoms with Gasteiger partial charge in [-0.1, -0.05) is 33.9 Å². The van der Waals surface area contributed by atoms with Crippen LogP contribution in [0.25, 0.3) is 0 Å². The molecule has 0 aliphatic carbocycles. The summed E-state index contributed by atoms with van der Waals surface area (Å²) in [7, 11) is -1.99. The van der Waals surface area contributed by atoms with E-state index in [9.17, 15) is 9.59 Å². The fourth-order valence-electron chi connectivity index (χ4n) is 2.24. The number of carbonyl (C=O) groups excluding carboxylic acids is 2. The van der Waals surface area contributed by atoms with E-state index in [-0.39, 0.29) is 11.1 Å². The second-order valence-corrected chi connectivity index (χ2v) is 14.6. The number of hydrogen-bond donors (Lipinski definition) is 0. The first-order valence-electron chi connectivity index (χ1n) is 8.48. The van der Waals surface area contributed by atoms with Crippen molar-refractivity contribution >= 4 is 51.3 Å². The summed E-state index contributed by atoms with van der Waals surface area (Å²) in [5.41, 5.74) is 0.379. The third-order valence-electron chi connectivity index (χ3n) is 5.07. The van der Waals surface area contributed by atoms with Crippen LogP contribution in [0, 0.1) is 0 Å². The van der Waals surface area contributed by atoms with Crippen LogP contribution >= 0.6 is 31.9 Å². The highest BCUT2D eigenvalue weighted by Crippen LogP contribution is 2.38. The van der Waals surface area contributed by atoms with Gasteiger partial charge in [-0.25, -0.2) is 4.79 Å². The number of rotatable bonds is 7. The number of halogens is 2. The highest BCUT2D eigenvalue weighted by molar-refractivity contribution is 9.11. The second-order valence-electron chi connectivity index (χ2n) is 7.81. The lowest BCUT2D eigenvalue weighted by Crippen LogP contribution is -2.46. The van der Waals surface area contributed by atoms with Crippen molar-refractivity contribution in [3.8, 4) is 0 Å². The first kappa shape index (κ1) is 22.6. The molecule has 0 spiro atoms. The van der Waals surface area contributed by atoms with Gasteiger partial charge in [-0.15, -0.1) is 0 Å². The van der Waals surface area contributed by atoms with Crippen molar-refractivity contribution in [2.45, 2.75) is 71.6 Å². The largest absolute Gasteiger partial charge is 0.462 e. The molecule has 8 heteroatoms. The van der Waals surface area contributed by atoms with E-state index >= 15 is 0 Å². The summed E-state index contributed by atoms with van der Waals surface area (Å²) >= 11 is 6.77. The Balaban J connectivity index is 2.89. The number of aromatic nitrogens is 2. The van der Waals surface area contributed by atoms with Gasteiger partial charge < -0.3 is 9.53 Å². The van der Waals surface area contributed by atoms with Crippen molar-refractivity contribution in [2.75, 3.05) is 6.61 Å². The Labute approximate surface area is 168 Å².